The summed E-state index contributed by atoms with van der Waals surface area (Å²) in [5, 5.41) is 0. The molecule has 0 bridgehead atoms. The number of amides is 1. The number of ether oxygens (including phenoxy) is 2. The zero-order valence-corrected chi connectivity index (χ0v) is 14.9. The van der Waals surface area contributed by atoms with E-state index in [-0.39, 0.29) is 11.9 Å². The van der Waals surface area contributed by atoms with Gasteiger partial charge < -0.3 is 9.47 Å². The maximum Gasteiger partial charge on any atom is 0.330 e. The number of hydrogen-bond acceptors (Lipinski definition) is 4. The Kier molecular flexibility index (Phi) is 3.94. The molecule has 1 aliphatic heterocycles. The molecule has 1 aliphatic carbocycles. The summed E-state index contributed by atoms with van der Waals surface area (Å²) in [6, 6.07) is 14.6. The minimum absolute atomic E-state index is 0.0167. The molecule has 2 aromatic rings. The number of carbonyl (C=O) groups excluding carboxylic acids is 2. The van der Waals surface area contributed by atoms with Crippen LogP contribution in [0.4, 0.5) is 5.69 Å². The lowest BCUT2D eigenvalue weighted by Gasteiger charge is -2.52. The van der Waals surface area contributed by atoms with Gasteiger partial charge in [0, 0.05) is 5.69 Å². The van der Waals surface area contributed by atoms with Crippen LogP contribution in [0.25, 0.3) is 0 Å². The van der Waals surface area contributed by atoms with Crippen LogP contribution < -0.4 is 9.64 Å². The average molecular weight is 351 g/mol. The molecule has 1 heterocycles. The number of fused-ring (bicyclic) bond motifs is 1. The molecule has 1 amide bonds. The van der Waals surface area contributed by atoms with Crippen molar-refractivity contribution in [1.29, 1.82) is 0 Å². The zero-order valence-electron chi connectivity index (χ0n) is 14.9. The third kappa shape index (κ3) is 2.30. The minimum atomic E-state index is -0.726. The number of methoxy groups -OCH3 is 1. The Bertz CT molecular complexity index is 834. The molecule has 1 unspecified atom stereocenters. The molecule has 0 radical (unpaired) electrons. The highest BCUT2D eigenvalue weighted by atomic mass is 16.5. The van der Waals surface area contributed by atoms with Gasteiger partial charge in [-0.25, -0.2) is 4.79 Å². The van der Waals surface area contributed by atoms with E-state index in [4.69, 9.17) is 9.47 Å². The van der Waals surface area contributed by atoms with Gasteiger partial charge in [-0.15, -0.1) is 0 Å². The Balaban J connectivity index is 1.70. The van der Waals surface area contributed by atoms with Crippen molar-refractivity contribution in [2.24, 2.45) is 5.41 Å². The average Bonchev–Trinajstić information content (AvgIpc) is 3.08. The summed E-state index contributed by atoms with van der Waals surface area (Å²) in [5.74, 6) is 0.352. The summed E-state index contributed by atoms with van der Waals surface area (Å²) in [5.41, 5.74) is 2.25. The fourth-order valence-corrected chi connectivity index (χ4v) is 4.21. The first-order valence-electron chi connectivity index (χ1n) is 8.82. The fourth-order valence-electron chi connectivity index (χ4n) is 4.21. The van der Waals surface area contributed by atoms with Crippen LogP contribution in [-0.4, -0.2) is 31.6 Å². The van der Waals surface area contributed by atoms with Crippen molar-refractivity contribution in [3.63, 3.8) is 0 Å². The molecule has 0 saturated carbocycles. The normalized spacial score (nSPS) is 19.8. The Labute approximate surface area is 152 Å². The van der Waals surface area contributed by atoms with E-state index in [0.717, 1.165) is 11.1 Å². The van der Waals surface area contributed by atoms with Gasteiger partial charge in [0.2, 0.25) is 5.91 Å². The van der Waals surface area contributed by atoms with Crippen LogP contribution in [0.3, 0.4) is 0 Å². The first-order valence-corrected chi connectivity index (χ1v) is 8.82. The molecular weight excluding hydrogens is 330 g/mol. The molecule has 2 aromatic carbocycles. The van der Waals surface area contributed by atoms with Crippen LogP contribution in [0.15, 0.2) is 48.5 Å². The predicted octanol–water partition coefficient (Wildman–Crippen LogP) is 2.76. The number of nitrogens with zero attached hydrogens (tertiary/aromatic N) is 1. The molecule has 1 atom stereocenters. The van der Waals surface area contributed by atoms with Gasteiger partial charge in [-0.3, -0.25) is 9.69 Å². The van der Waals surface area contributed by atoms with Crippen molar-refractivity contribution in [3.05, 3.63) is 59.7 Å². The maximum absolute atomic E-state index is 13.2. The second-order valence-corrected chi connectivity index (χ2v) is 6.81. The second kappa shape index (κ2) is 6.16. The van der Waals surface area contributed by atoms with Crippen molar-refractivity contribution in [1.82, 2.24) is 0 Å². The van der Waals surface area contributed by atoms with Gasteiger partial charge in [0.15, 0.2) is 0 Å². The molecule has 1 saturated heterocycles. The molecule has 0 N–H and O–H groups in total. The van der Waals surface area contributed by atoms with E-state index in [2.05, 4.69) is 0 Å². The first kappa shape index (κ1) is 16.6. The van der Waals surface area contributed by atoms with Crippen LogP contribution in [0.1, 0.15) is 18.1 Å². The van der Waals surface area contributed by atoms with Crippen molar-refractivity contribution in [3.8, 4) is 5.75 Å². The lowest BCUT2D eigenvalue weighted by atomic mass is 9.67. The maximum atomic E-state index is 13.2. The fraction of sp³-hybridized carbons (Fsp3) is 0.333. The number of benzene rings is 2. The van der Waals surface area contributed by atoms with Crippen molar-refractivity contribution < 1.29 is 19.1 Å². The monoisotopic (exact) mass is 351 g/mol. The van der Waals surface area contributed by atoms with Gasteiger partial charge >= 0.3 is 5.97 Å². The van der Waals surface area contributed by atoms with Gasteiger partial charge in [0.05, 0.1) is 19.1 Å². The third-order valence-corrected chi connectivity index (χ3v) is 5.42. The van der Waals surface area contributed by atoms with Gasteiger partial charge in [0.25, 0.3) is 0 Å². The number of carbonyl (C=O) groups is 2. The summed E-state index contributed by atoms with van der Waals surface area (Å²) in [4.78, 5) is 27.5. The Hall–Kier alpha value is -2.82. The summed E-state index contributed by atoms with van der Waals surface area (Å²) in [7, 11) is 1.59. The van der Waals surface area contributed by atoms with E-state index >= 15 is 0 Å². The van der Waals surface area contributed by atoms with Crippen LogP contribution in [-0.2, 0) is 27.2 Å². The molecular formula is C21H21NO4. The van der Waals surface area contributed by atoms with Gasteiger partial charge in [-0.05, 0) is 55.2 Å². The van der Waals surface area contributed by atoms with Crippen molar-refractivity contribution >= 4 is 17.6 Å². The quantitative estimate of drug-likeness (QED) is 0.628. The van der Waals surface area contributed by atoms with Crippen LogP contribution in [0, 0.1) is 5.41 Å². The SMILES string of the molecule is CCOC(=O)C1N(c2ccc(OC)cc2)C(=O)C12Cc1ccccc1C2. The minimum Gasteiger partial charge on any atom is -0.497 e. The Morgan fingerprint density at radius 3 is 2.27 bits per heavy atom. The van der Waals surface area contributed by atoms with Gasteiger partial charge in [0.1, 0.15) is 11.8 Å². The molecule has 2 aliphatic rings. The molecule has 5 heteroatoms. The summed E-state index contributed by atoms with van der Waals surface area (Å²) < 4.78 is 10.5. The van der Waals surface area contributed by atoms with E-state index in [0.29, 0.717) is 30.9 Å². The number of β-lactam (4-membered cyclic amide) rings is 1. The lowest BCUT2D eigenvalue weighted by molar-refractivity contribution is -0.160. The summed E-state index contributed by atoms with van der Waals surface area (Å²) in [6.07, 6.45) is 1.16. The Morgan fingerprint density at radius 2 is 1.73 bits per heavy atom. The Morgan fingerprint density at radius 1 is 1.12 bits per heavy atom. The molecule has 26 heavy (non-hydrogen) atoms. The van der Waals surface area contributed by atoms with E-state index < -0.39 is 11.5 Å². The molecule has 0 aromatic heterocycles. The molecule has 134 valence electrons. The predicted molar refractivity (Wildman–Crippen MR) is 97.2 cm³/mol. The number of anilines is 1. The van der Waals surface area contributed by atoms with E-state index in [1.165, 1.54) is 0 Å². The van der Waals surface area contributed by atoms with Crippen molar-refractivity contribution in [2.75, 3.05) is 18.6 Å². The van der Waals surface area contributed by atoms with Crippen LogP contribution >= 0.6 is 0 Å². The van der Waals surface area contributed by atoms with E-state index in [9.17, 15) is 9.59 Å². The standard InChI is InChI=1S/C21H21NO4/c1-3-26-19(23)18-21(12-14-6-4-5-7-15(14)13-21)20(24)22(18)16-8-10-17(25-2)11-9-16/h4-11,18H,3,12-13H2,1-2H3. The summed E-state index contributed by atoms with van der Waals surface area (Å²) in [6.45, 7) is 2.08. The van der Waals surface area contributed by atoms with E-state index in [1.807, 2.05) is 24.3 Å². The van der Waals surface area contributed by atoms with E-state index in [1.54, 1.807) is 43.2 Å². The number of rotatable bonds is 4. The second-order valence-electron chi connectivity index (χ2n) is 6.81. The highest BCUT2D eigenvalue weighted by Gasteiger charge is 2.66. The molecule has 1 spiro atoms. The first-order chi connectivity index (χ1) is 12.6. The smallest absolute Gasteiger partial charge is 0.330 e. The highest BCUT2D eigenvalue weighted by Crippen LogP contribution is 2.51. The zero-order chi connectivity index (χ0) is 18.3. The highest BCUT2D eigenvalue weighted by molar-refractivity contribution is 6.14. The van der Waals surface area contributed by atoms with Crippen molar-refractivity contribution in [2.45, 2.75) is 25.8 Å². The molecule has 4 rings (SSSR count). The molecule has 1 fully saturated rings. The van der Waals surface area contributed by atoms with Crippen LogP contribution in [0.5, 0.6) is 5.75 Å². The largest absolute Gasteiger partial charge is 0.497 e. The lowest BCUT2D eigenvalue weighted by Crippen LogP contribution is -2.73. The third-order valence-electron chi connectivity index (χ3n) is 5.42. The van der Waals surface area contributed by atoms with Crippen LogP contribution in [0.2, 0.25) is 0 Å². The molecule has 5 nitrogen and oxygen atoms in total. The van der Waals surface area contributed by atoms with Gasteiger partial charge in [-0.2, -0.15) is 0 Å². The summed E-state index contributed by atoms with van der Waals surface area (Å²) >= 11 is 0. The number of esters is 1. The van der Waals surface area contributed by atoms with Gasteiger partial charge in [-0.1, -0.05) is 24.3 Å². The topological polar surface area (TPSA) is 55.8 Å². The number of hydrogen-bond donors (Lipinski definition) is 0.